The van der Waals surface area contributed by atoms with Gasteiger partial charge in [0, 0.05) is 29.6 Å². The summed E-state index contributed by atoms with van der Waals surface area (Å²) in [5, 5.41) is 5.40. The van der Waals surface area contributed by atoms with Crippen LogP contribution in [-0.2, 0) is 0 Å². The van der Waals surface area contributed by atoms with Crippen LogP contribution >= 0.6 is 0 Å². The van der Waals surface area contributed by atoms with E-state index in [1.54, 1.807) is 18.2 Å². The number of amides is 4. The Morgan fingerprint density at radius 3 is 2.50 bits per heavy atom. The molecule has 1 heterocycles. The maximum atomic E-state index is 11.9. The molecule has 0 aliphatic heterocycles. The summed E-state index contributed by atoms with van der Waals surface area (Å²) in [6.45, 7) is 0.678. The first kappa shape index (κ1) is 15.3. The summed E-state index contributed by atoms with van der Waals surface area (Å²) in [6.07, 6.45) is 0. The molecule has 0 fully saturated rings. The quantitative estimate of drug-likeness (QED) is 0.435. The number of primary amides is 2. The lowest BCUT2D eigenvalue weighted by atomic mass is 10.1. The fraction of sp³-hybridized carbons (Fsp3) is 0.154. The highest BCUT2D eigenvalue weighted by Gasteiger charge is 2.18. The van der Waals surface area contributed by atoms with Crippen molar-refractivity contribution in [3.63, 3.8) is 0 Å². The molecule has 0 atom stereocenters. The number of aromatic nitrogens is 1. The topological polar surface area (TPSA) is 169 Å². The van der Waals surface area contributed by atoms with Crippen LogP contribution in [0.5, 0.6) is 0 Å². The first-order chi connectivity index (χ1) is 10.4. The summed E-state index contributed by atoms with van der Waals surface area (Å²) in [5.41, 5.74) is 16.6. The lowest BCUT2D eigenvalue weighted by molar-refractivity contribution is 0.0953. The van der Waals surface area contributed by atoms with Gasteiger partial charge in [-0.05, 0) is 12.1 Å². The molecule has 9 heteroatoms. The number of nitrogens with two attached hydrogens (primary N) is 3. The Hall–Kier alpha value is -3.07. The van der Waals surface area contributed by atoms with Crippen molar-refractivity contribution in [2.75, 3.05) is 18.4 Å². The first-order valence-electron chi connectivity index (χ1n) is 6.44. The van der Waals surface area contributed by atoms with Crippen LogP contribution in [-0.4, -0.2) is 35.9 Å². The van der Waals surface area contributed by atoms with Gasteiger partial charge in [-0.2, -0.15) is 0 Å². The zero-order valence-corrected chi connectivity index (χ0v) is 11.6. The number of H-pyrrole nitrogens is 1. The fourth-order valence-corrected chi connectivity index (χ4v) is 2.10. The average molecular weight is 304 g/mol. The molecule has 0 saturated carbocycles. The van der Waals surface area contributed by atoms with Crippen LogP contribution in [0.4, 0.5) is 10.6 Å². The second-order valence-electron chi connectivity index (χ2n) is 4.53. The van der Waals surface area contributed by atoms with Gasteiger partial charge >= 0.3 is 6.03 Å². The third-order valence-electron chi connectivity index (χ3n) is 2.99. The number of aromatic amines is 1. The second kappa shape index (κ2) is 6.14. The number of hydrogen-bond acceptors (Lipinski definition) is 4. The zero-order chi connectivity index (χ0) is 16.3. The van der Waals surface area contributed by atoms with E-state index in [4.69, 9.17) is 17.2 Å². The fourth-order valence-electron chi connectivity index (χ4n) is 2.10. The Morgan fingerprint density at radius 1 is 1.18 bits per heavy atom. The molecule has 2 rings (SSSR count). The monoisotopic (exact) mass is 304 g/mol. The van der Waals surface area contributed by atoms with Crippen LogP contribution in [0.15, 0.2) is 18.2 Å². The molecule has 0 spiro atoms. The van der Waals surface area contributed by atoms with Gasteiger partial charge in [0.15, 0.2) is 0 Å². The minimum atomic E-state index is -0.838. The van der Waals surface area contributed by atoms with Gasteiger partial charge in [-0.15, -0.1) is 0 Å². The number of hydrogen-bond donors (Lipinski definition) is 6. The van der Waals surface area contributed by atoms with Crippen LogP contribution in [0.25, 0.3) is 10.9 Å². The summed E-state index contributed by atoms with van der Waals surface area (Å²) in [6, 6.07) is 3.81. The van der Waals surface area contributed by atoms with E-state index >= 15 is 0 Å². The molecule has 0 bridgehead atoms. The van der Waals surface area contributed by atoms with Crippen molar-refractivity contribution in [2.24, 2.45) is 17.2 Å². The molecular formula is C13H16N6O3. The molecule has 0 saturated heterocycles. The Bertz CT molecular complexity index is 752. The van der Waals surface area contributed by atoms with Gasteiger partial charge in [-0.1, -0.05) is 6.07 Å². The third kappa shape index (κ3) is 2.99. The van der Waals surface area contributed by atoms with E-state index in [1.165, 1.54) is 0 Å². The van der Waals surface area contributed by atoms with E-state index in [-0.39, 0.29) is 17.3 Å². The Kier molecular flexibility index (Phi) is 4.28. The van der Waals surface area contributed by atoms with Crippen molar-refractivity contribution in [1.82, 2.24) is 10.3 Å². The van der Waals surface area contributed by atoms with Crippen molar-refractivity contribution in [3.05, 3.63) is 29.3 Å². The lowest BCUT2D eigenvalue weighted by Crippen LogP contribution is -2.28. The number of rotatable bonds is 5. The van der Waals surface area contributed by atoms with Gasteiger partial charge in [-0.25, -0.2) is 4.79 Å². The maximum absolute atomic E-state index is 11.9. The molecule has 1 aromatic heterocycles. The van der Waals surface area contributed by atoms with Crippen molar-refractivity contribution in [3.8, 4) is 0 Å². The molecule has 1 aromatic carbocycles. The predicted octanol–water partition coefficient (Wildman–Crippen LogP) is -0.554. The second-order valence-corrected chi connectivity index (χ2v) is 4.53. The highest BCUT2D eigenvalue weighted by Crippen LogP contribution is 2.26. The minimum Gasteiger partial charge on any atom is -0.365 e. The molecule has 116 valence electrons. The van der Waals surface area contributed by atoms with E-state index in [1.807, 2.05) is 0 Å². The van der Waals surface area contributed by atoms with Crippen molar-refractivity contribution < 1.29 is 14.4 Å². The third-order valence-corrected chi connectivity index (χ3v) is 2.99. The summed E-state index contributed by atoms with van der Waals surface area (Å²) in [5.74, 6) is -0.933. The van der Waals surface area contributed by atoms with Gasteiger partial charge in [0.2, 0.25) is 0 Å². The van der Waals surface area contributed by atoms with E-state index < -0.39 is 11.9 Å². The van der Waals surface area contributed by atoms with Crippen molar-refractivity contribution in [1.29, 1.82) is 0 Å². The first-order valence-corrected chi connectivity index (χ1v) is 6.44. The van der Waals surface area contributed by atoms with Gasteiger partial charge < -0.3 is 27.5 Å². The number of urea groups is 1. The lowest BCUT2D eigenvalue weighted by Gasteiger charge is -2.03. The van der Waals surface area contributed by atoms with Crippen molar-refractivity contribution in [2.45, 2.75) is 0 Å². The Balaban J connectivity index is 2.47. The van der Waals surface area contributed by atoms with Gasteiger partial charge in [-0.3, -0.25) is 14.9 Å². The summed E-state index contributed by atoms with van der Waals surface area (Å²) < 4.78 is 0. The molecule has 0 aliphatic rings. The summed E-state index contributed by atoms with van der Waals surface area (Å²) in [4.78, 5) is 37.2. The molecule has 0 aliphatic carbocycles. The highest BCUT2D eigenvalue weighted by atomic mass is 16.2. The van der Waals surface area contributed by atoms with Gasteiger partial charge in [0.1, 0.15) is 5.82 Å². The number of fused-ring (bicyclic) bond motifs is 1. The number of carbonyl (C=O) groups excluding carboxylic acids is 3. The van der Waals surface area contributed by atoms with Crippen molar-refractivity contribution >= 4 is 34.6 Å². The predicted molar refractivity (Wildman–Crippen MR) is 81.4 cm³/mol. The minimum absolute atomic E-state index is 0.0921. The molecular weight excluding hydrogens is 288 g/mol. The number of benzene rings is 1. The zero-order valence-electron chi connectivity index (χ0n) is 11.6. The van der Waals surface area contributed by atoms with Gasteiger partial charge in [0.25, 0.3) is 11.8 Å². The summed E-state index contributed by atoms with van der Waals surface area (Å²) >= 11 is 0. The number of carbonyl (C=O) groups is 3. The van der Waals surface area contributed by atoms with E-state index in [9.17, 15) is 14.4 Å². The standard InChI is InChI=1S/C13H16N6O3/c14-3-4-17-12(21)6-1-2-7-8(5-6)18-11(19-13(16)22)9(7)10(15)20/h1-2,5,18H,3-4,14H2,(H2,15,20)(H,17,21)(H3,16,19,22). The molecule has 2 aromatic rings. The molecule has 0 radical (unpaired) electrons. The molecule has 22 heavy (non-hydrogen) atoms. The summed E-state index contributed by atoms with van der Waals surface area (Å²) in [7, 11) is 0. The highest BCUT2D eigenvalue weighted by molar-refractivity contribution is 6.13. The Labute approximate surface area is 125 Å². The van der Waals surface area contributed by atoms with Crippen LogP contribution in [0.1, 0.15) is 20.7 Å². The number of nitrogens with one attached hydrogen (secondary N) is 3. The normalized spacial score (nSPS) is 10.4. The molecule has 0 unspecified atom stereocenters. The largest absolute Gasteiger partial charge is 0.365 e. The maximum Gasteiger partial charge on any atom is 0.317 e. The van der Waals surface area contributed by atoms with E-state index in [0.29, 0.717) is 29.6 Å². The molecule has 9 N–H and O–H groups in total. The van der Waals surface area contributed by atoms with Gasteiger partial charge in [0.05, 0.1) is 5.56 Å². The average Bonchev–Trinajstić information content (AvgIpc) is 2.80. The molecule has 9 nitrogen and oxygen atoms in total. The van der Waals surface area contributed by atoms with Crippen LogP contribution in [0.3, 0.4) is 0 Å². The number of anilines is 1. The van der Waals surface area contributed by atoms with Crippen LogP contribution in [0, 0.1) is 0 Å². The Morgan fingerprint density at radius 2 is 1.91 bits per heavy atom. The smallest absolute Gasteiger partial charge is 0.317 e. The van der Waals surface area contributed by atoms with Crippen LogP contribution in [0.2, 0.25) is 0 Å². The van der Waals surface area contributed by atoms with Crippen LogP contribution < -0.4 is 27.8 Å². The molecule has 4 amide bonds. The van der Waals surface area contributed by atoms with E-state index in [0.717, 1.165) is 0 Å². The SMILES string of the molecule is NCCNC(=O)c1ccc2c(C(N)=O)c(NC(N)=O)[nH]c2c1. The van der Waals surface area contributed by atoms with E-state index in [2.05, 4.69) is 15.6 Å².